The Balaban J connectivity index is 1.65. The van der Waals surface area contributed by atoms with E-state index in [1.807, 2.05) is 91.0 Å². The molecule has 35 heavy (non-hydrogen) atoms. The van der Waals surface area contributed by atoms with E-state index in [2.05, 4.69) is 0 Å². The van der Waals surface area contributed by atoms with Gasteiger partial charge in [-0.05, 0) is 23.6 Å². The maximum atomic E-state index is 14.1. The molecule has 0 aromatic heterocycles. The Morgan fingerprint density at radius 1 is 0.914 bits per heavy atom. The number of aliphatic hydroxyl groups is 1. The van der Waals surface area contributed by atoms with E-state index in [9.17, 15) is 14.7 Å². The van der Waals surface area contributed by atoms with Crippen molar-refractivity contribution in [3.63, 3.8) is 0 Å². The van der Waals surface area contributed by atoms with E-state index < -0.39 is 28.7 Å². The molecular weight excluding hydrogens is 446 g/mol. The summed E-state index contributed by atoms with van der Waals surface area (Å²) in [5.41, 5.74) is -1.13. The quantitative estimate of drug-likeness (QED) is 0.335. The molecule has 2 aliphatic heterocycles. The smallest absolute Gasteiger partial charge is 0.327 e. The van der Waals surface area contributed by atoms with E-state index in [4.69, 9.17) is 14.5 Å². The highest BCUT2D eigenvalue weighted by Gasteiger charge is 2.76. The number of carbonyl (C=O) groups is 2. The van der Waals surface area contributed by atoms with E-state index in [-0.39, 0.29) is 26.1 Å². The standard InChI is InChI=1S/C28H27NO6/c1-2-33-25(31)26-19-27(22-14-8-4-9-15-22,23-16-10-5-11-17-23)34-35-28(26,32)20-29(24(26)30)18-21-12-6-3-7-13-21/h3-17,32H,2,18-20H2,1H3. The number of benzene rings is 3. The summed E-state index contributed by atoms with van der Waals surface area (Å²) in [6, 6.07) is 27.9. The van der Waals surface area contributed by atoms with Gasteiger partial charge in [-0.2, -0.15) is 4.89 Å². The van der Waals surface area contributed by atoms with Crippen molar-refractivity contribution in [2.45, 2.75) is 31.3 Å². The van der Waals surface area contributed by atoms with Crippen molar-refractivity contribution in [2.75, 3.05) is 13.2 Å². The van der Waals surface area contributed by atoms with Crippen molar-refractivity contribution in [2.24, 2.45) is 5.41 Å². The summed E-state index contributed by atoms with van der Waals surface area (Å²) in [5.74, 6) is -3.61. The molecule has 2 unspecified atom stereocenters. The Kier molecular flexibility index (Phi) is 5.92. The van der Waals surface area contributed by atoms with E-state index in [0.717, 1.165) is 5.56 Å². The van der Waals surface area contributed by atoms with Gasteiger partial charge in [0.1, 0.15) is 0 Å². The summed E-state index contributed by atoms with van der Waals surface area (Å²) < 4.78 is 5.40. The summed E-state index contributed by atoms with van der Waals surface area (Å²) in [6.07, 6.45) is -0.187. The predicted octanol–water partition coefficient (Wildman–Crippen LogP) is 3.56. The Bertz CT molecular complexity index is 1160. The summed E-state index contributed by atoms with van der Waals surface area (Å²) in [5, 5.41) is 11.7. The van der Waals surface area contributed by atoms with Crippen LogP contribution in [0.3, 0.4) is 0 Å². The number of β-amino-alcohol motifs (C(OH)–C–C–N with tert-alkyl or cyclic N) is 1. The minimum Gasteiger partial charge on any atom is -0.465 e. The zero-order chi connectivity index (χ0) is 24.5. The fourth-order valence-corrected chi connectivity index (χ4v) is 5.14. The molecule has 5 rings (SSSR count). The van der Waals surface area contributed by atoms with Gasteiger partial charge in [0.2, 0.25) is 17.1 Å². The van der Waals surface area contributed by atoms with Crippen molar-refractivity contribution in [1.29, 1.82) is 0 Å². The molecule has 1 N–H and O–H groups in total. The first-order valence-corrected chi connectivity index (χ1v) is 11.7. The van der Waals surface area contributed by atoms with Crippen LogP contribution in [0, 0.1) is 5.41 Å². The molecule has 0 spiro atoms. The number of nitrogens with zero attached hydrogens (tertiary/aromatic N) is 1. The zero-order valence-electron chi connectivity index (χ0n) is 19.4. The second-order valence-electron chi connectivity index (χ2n) is 8.96. The van der Waals surface area contributed by atoms with Gasteiger partial charge in [0.25, 0.3) is 0 Å². The van der Waals surface area contributed by atoms with Crippen molar-refractivity contribution in [3.8, 4) is 0 Å². The van der Waals surface area contributed by atoms with Crippen LogP contribution < -0.4 is 0 Å². The molecule has 1 amide bonds. The number of likely N-dealkylation sites (tertiary alicyclic amines) is 1. The number of rotatable bonds is 6. The molecule has 180 valence electrons. The largest absolute Gasteiger partial charge is 0.465 e. The molecule has 0 saturated carbocycles. The Hall–Kier alpha value is -3.52. The highest BCUT2D eigenvalue weighted by Crippen LogP contribution is 2.57. The lowest BCUT2D eigenvalue weighted by atomic mass is 9.67. The van der Waals surface area contributed by atoms with Gasteiger partial charge in [0.15, 0.2) is 5.60 Å². The lowest BCUT2D eigenvalue weighted by Gasteiger charge is -2.48. The molecule has 2 fully saturated rings. The minimum absolute atomic E-state index is 0.0488. The molecule has 3 aromatic carbocycles. The van der Waals surface area contributed by atoms with Crippen molar-refractivity contribution in [3.05, 3.63) is 108 Å². The molecule has 0 aliphatic carbocycles. The Morgan fingerprint density at radius 3 is 2.00 bits per heavy atom. The zero-order valence-corrected chi connectivity index (χ0v) is 19.4. The predicted molar refractivity (Wildman–Crippen MR) is 126 cm³/mol. The Labute approximate surface area is 203 Å². The normalized spacial score (nSPS) is 25.2. The lowest BCUT2D eigenvalue weighted by Crippen LogP contribution is -2.64. The molecule has 2 heterocycles. The first kappa shape index (κ1) is 23.2. The Morgan fingerprint density at radius 2 is 1.46 bits per heavy atom. The fraction of sp³-hybridized carbons (Fsp3) is 0.286. The summed E-state index contributed by atoms with van der Waals surface area (Å²) in [6.45, 7) is 1.68. The van der Waals surface area contributed by atoms with Crippen LogP contribution in [0.25, 0.3) is 0 Å². The third kappa shape index (κ3) is 3.63. The second kappa shape index (κ2) is 8.92. The van der Waals surface area contributed by atoms with Crippen LogP contribution in [-0.4, -0.2) is 40.8 Å². The minimum atomic E-state index is -2.22. The molecule has 0 radical (unpaired) electrons. The number of amides is 1. The maximum absolute atomic E-state index is 14.1. The van der Waals surface area contributed by atoms with Crippen LogP contribution >= 0.6 is 0 Å². The summed E-state index contributed by atoms with van der Waals surface area (Å²) >= 11 is 0. The topological polar surface area (TPSA) is 85.3 Å². The van der Waals surface area contributed by atoms with Crippen LogP contribution in [0.15, 0.2) is 91.0 Å². The van der Waals surface area contributed by atoms with Crippen LogP contribution in [-0.2, 0) is 36.2 Å². The first-order valence-electron chi connectivity index (χ1n) is 11.7. The number of carbonyl (C=O) groups excluding carboxylic acids is 2. The van der Waals surface area contributed by atoms with Crippen LogP contribution in [0.2, 0.25) is 0 Å². The lowest BCUT2D eigenvalue weighted by molar-refractivity contribution is -0.497. The van der Waals surface area contributed by atoms with E-state index in [1.165, 1.54) is 4.90 Å². The van der Waals surface area contributed by atoms with Crippen molar-refractivity contribution in [1.82, 2.24) is 4.90 Å². The highest BCUT2D eigenvalue weighted by molar-refractivity contribution is 6.06. The number of fused-ring (bicyclic) bond motifs is 1. The van der Waals surface area contributed by atoms with Gasteiger partial charge >= 0.3 is 5.97 Å². The fourth-order valence-electron chi connectivity index (χ4n) is 5.14. The van der Waals surface area contributed by atoms with Gasteiger partial charge in [-0.1, -0.05) is 91.0 Å². The third-order valence-electron chi connectivity index (χ3n) is 6.88. The van der Waals surface area contributed by atoms with Crippen LogP contribution in [0.4, 0.5) is 0 Å². The van der Waals surface area contributed by atoms with E-state index in [1.54, 1.807) is 6.92 Å². The molecule has 0 bridgehead atoms. The molecule has 2 saturated heterocycles. The SMILES string of the molecule is CCOC(=O)C12CC(c3ccccc3)(c3ccccc3)OOC1(O)CN(Cc1ccccc1)C2=O. The van der Waals surface area contributed by atoms with Gasteiger partial charge in [-0.15, -0.1) is 0 Å². The average Bonchev–Trinajstić information content (AvgIpc) is 3.12. The number of esters is 1. The molecule has 3 aromatic rings. The second-order valence-corrected chi connectivity index (χ2v) is 8.96. The van der Waals surface area contributed by atoms with E-state index in [0.29, 0.717) is 11.1 Å². The third-order valence-corrected chi connectivity index (χ3v) is 6.88. The van der Waals surface area contributed by atoms with Crippen LogP contribution in [0.5, 0.6) is 0 Å². The maximum Gasteiger partial charge on any atom is 0.327 e. The first-order chi connectivity index (χ1) is 17.0. The van der Waals surface area contributed by atoms with Gasteiger partial charge in [-0.3, -0.25) is 9.59 Å². The van der Waals surface area contributed by atoms with Gasteiger partial charge in [0, 0.05) is 13.0 Å². The number of ether oxygens (including phenoxy) is 1. The van der Waals surface area contributed by atoms with Gasteiger partial charge in [0.05, 0.1) is 13.2 Å². The van der Waals surface area contributed by atoms with Gasteiger partial charge in [-0.25, -0.2) is 4.89 Å². The molecule has 2 atom stereocenters. The van der Waals surface area contributed by atoms with Gasteiger partial charge < -0.3 is 14.7 Å². The molecule has 7 heteroatoms. The monoisotopic (exact) mass is 473 g/mol. The molecule has 7 nitrogen and oxygen atoms in total. The highest BCUT2D eigenvalue weighted by atomic mass is 17.2. The van der Waals surface area contributed by atoms with Crippen LogP contribution in [0.1, 0.15) is 30.0 Å². The number of hydrogen-bond acceptors (Lipinski definition) is 6. The molecular formula is C28H27NO6. The average molecular weight is 474 g/mol. The summed E-state index contributed by atoms with van der Waals surface area (Å²) in [4.78, 5) is 40.8. The molecule has 2 aliphatic rings. The van der Waals surface area contributed by atoms with Crippen molar-refractivity contribution >= 4 is 11.9 Å². The van der Waals surface area contributed by atoms with Crippen molar-refractivity contribution < 1.29 is 29.2 Å². The summed E-state index contributed by atoms with van der Waals surface area (Å²) in [7, 11) is 0. The van der Waals surface area contributed by atoms with E-state index >= 15 is 0 Å². The number of hydrogen-bond donors (Lipinski definition) is 1.